The molecule has 126 valence electrons. The Hall–Kier alpha value is -1.66. The zero-order chi connectivity index (χ0) is 17.2. The maximum atomic E-state index is 12.5. The highest BCUT2D eigenvalue weighted by Gasteiger charge is 2.19. The highest BCUT2D eigenvalue weighted by Crippen LogP contribution is 2.21. The lowest BCUT2D eigenvalue weighted by atomic mass is 10.1. The minimum Gasteiger partial charge on any atom is -0.270 e. The van der Waals surface area contributed by atoms with E-state index in [2.05, 4.69) is 9.82 Å². The van der Waals surface area contributed by atoms with Gasteiger partial charge in [-0.2, -0.15) is 5.10 Å². The molecule has 0 atom stereocenters. The lowest BCUT2D eigenvalue weighted by molar-refractivity contribution is 0.543. The number of sulfonamides is 1. The largest absolute Gasteiger partial charge is 0.270 e. The van der Waals surface area contributed by atoms with Crippen LogP contribution in [-0.4, -0.2) is 24.7 Å². The molecule has 1 heterocycles. The molecule has 1 aromatic heterocycles. The highest BCUT2D eigenvalue weighted by atomic mass is 32.2. The molecular weight excluding hydrogens is 310 g/mol. The second-order valence-electron chi connectivity index (χ2n) is 6.13. The average Bonchev–Trinajstić information content (AvgIpc) is 2.71. The van der Waals surface area contributed by atoms with E-state index in [1.165, 1.54) is 0 Å². The summed E-state index contributed by atoms with van der Waals surface area (Å²) in [6.07, 6.45) is 0.700. The Morgan fingerprint density at radius 1 is 1.04 bits per heavy atom. The average molecular weight is 335 g/mol. The predicted molar refractivity (Wildman–Crippen MR) is 92.2 cm³/mol. The third-order valence-corrected chi connectivity index (χ3v) is 5.58. The smallest absolute Gasteiger partial charge is 0.241 e. The number of benzene rings is 1. The molecule has 0 radical (unpaired) electrons. The van der Waals surface area contributed by atoms with Gasteiger partial charge in [0.05, 0.1) is 10.6 Å². The summed E-state index contributed by atoms with van der Waals surface area (Å²) in [5.41, 5.74) is 4.72. The van der Waals surface area contributed by atoms with Crippen LogP contribution in [0.2, 0.25) is 0 Å². The van der Waals surface area contributed by atoms with E-state index in [9.17, 15) is 8.42 Å². The van der Waals surface area contributed by atoms with Crippen LogP contribution in [0.3, 0.4) is 0 Å². The zero-order valence-electron chi connectivity index (χ0n) is 14.5. The molecule has 0 fully saturated rings. The zero-order valence-corrected chi connectivity index (χ0v) is 15.3. The third-order valence-electron chi connectivity index (χ3n) is 3.82. The Bertz CT molecular complexity index is 784. The van der Waals surface area contributed by atoms with Crippen LogP contribution in [0.4, 0.5) is 0 Å². The molecule has 0 spiro atoms. The number of aromatic nitrogens is 2. The first kappa shape index (κ1) is 17.7. The van der Waals surface area contributed by atoms with E-state index in [4.69, 9.17) is 0 Å². The van der Waals surface area contributed by atoms with E-state index in [0.717, 1.165) is 28.1 Å². The van der Waals surface area contributed by atoms with Crippen molar-refractivity contribution in [2.24, 2.45) is 0 Å². The Labute approximate surface area is 138 Å². The van der Waals surface area contributed by atoms with Crippen LogP contribution < -0.4 is 4.72 Å². The van der Waals surface area contributed by atoms with Gasteiger partial charge in [-0.05, 0) is 58.2 Å². The first-order valence-corrected chi connectivity index (χ1v) is 9.27. The van der Waals surface area contributed by atoms with Crippen LogP contribution in [0.25, 0.3) is 0 Å². The fourth-order valence-corrected chi connectivity index (χ4v) is 4.52. The minimum atomic E-state index is -3.48. The van der Waals surface area contributed by atoms with Crippen LogP contribution >= 0.6 is 0 Å². The summed E-state index contributed by atoms with van der Waals surface area (Å²) in [5.74, 6) is 0. The Balaban J connectivity index is 2.01. The number of nitrogens with zero attached hydrogens (tertiary/aromatic N) is 2. The van der Waals surface area contributed by atoms with Gasteiger partial charge >= 0.3 is 0 Å². The number of hydrogen-bond acceptors (Lipinski definition) is 3. The molecule has 23 heavy (non-hydrogen) atoms. The molecule has 1 aromatic carbocycles. The number of hydrogen-bond donors (Lipinski definition) is 1. The van der Waals surface area contributed by atoms with Crippen LogP contribution in [0.5, 0.6) is 0 Å². The van der Waals surface area contributed by atoms with Gasteiger partial charge in [-0.1, -0.05) is 17.7 Å². The van der Waals surface area contributed by atoms with Gasteiger partial charge in [0.25, 0.3) is 0 Å². The van der Waals surface area contributed by atoms with Crippen LogP contribution in [-0.2, 0) is 16.6 Å². The van der Waals surface area contributed by atoms with Crippen molar-refractivity contribution in [3.63, 3.8) is 0 Å². The molecule has 0 saturated carbocycles. The molecule has 0 bridgehead atoms. The summed E-state index contributed by atoms with van der Waals surface area (Å²) < 4.78 is 29.7. The van der Waals surface area contributed by atoms with Crippen LogP contribution in [0.15, 0.2) is 23.1 Å². The van der Waals surface area contributed by atoms with Crippen molar-refractivity contribution >= 4 is 10.0 Å². The Kier molecular flexibility index (Phi) is 5.26. The number of rotatable bonds is 6. The van der Waals surface area contributed by atoms with Crippen molar-refractivity contribution in [2.45, 2.75) is 52.5 Å². The van der Waals surface area contributed by atoms with Gasteiger partial charge in [-0.15, -0.1) is 0 Å². The molecule has 2 aromatic rings. The summed E-state index contributed by atoms with van der Waals surface area (Å²) in [4.78, 5) is 0.397. The summed E-state index contributed by atoms with van der Waals surface area (Å²) in [7, 11) is -3.48. The fourth-order valence-electron chi connectivity index (χ4n) is 3.00. The van der Waals surface area contributed by atoms with E-state index < -0.39 is 10.0 Å². The third kappa shape index (κ3) is 4.20. The molecule has 0 aliphatic heterocycles. The summed E-state index contributed by atoms with van der Waals surface area (Å²) >= 11 is 0. The highest BCUT2D eigenvalue weighted by molar-refractivity contribution is 7.89. The van der Waals surface area contributed by atoms with Crippen molar-refractivity contribution in [3.05, 3.63) is 46.3 Å². The van der Waals surface area contributed by atoms with E-state index >= 15 is 0 Å². The molecule has 0 saturated heterocycles. The van der Waals surface area contributed by atoms with Gasteiger partial charge in [0.2, 0.25) is 10.0 Å². The van der Waals surface area contributed by atoms with Crippen molar-refractivity contribution in [2.75, 3.05) is 6.54 Å². The molecule has 6 heteroatoms. The lowest BCUT2D eigenvalue weighted by Crippen LogP contribution is -2.27. The van der Waals surface area contributed by atoms with Gasteiger partial charge in [-0.25, -0.2) is 13.1 Å². The van der Waals surface area contributed by atoms with Crippen LogP contribution in [0, 0.1) is 34.6 Å². The van der Waals surface area contributed by atoms with Gasteiger partial charge in [0, 0.05) is 18.8 Å². The molecule has 5 nitrogen and oxygen atoms in total. The molecule has 2 rings (SSSR count). The topological polar surface area (TPSA) is 64.0 Å². The van der Waals surface area contributed by atoms with Gasteiger partial charge < -0.3 is 0 Å². The SMILES string of the molecule is Cc1cc(C)c(S(=O)(=O)NCCCn2nc(C)cc2C)c(C)c1. The van der Waals surface area contributed by atoms with Crippen LogP contribution in [0.1, 0.15) is 34.5 Å². The first-order chi connectivity index (χ1) is 10.7. The van der Waals surface area contributed by atoms with E-state index in [1.807, 2.05) is 57.5 Å². The van der Waals surface area contributed by atoms with E-state index in [1.54, 1.807) is 0 Å². The quantitative estimate of drug-likeness (QED) is 0.826. The first-order valence-electron chi connectivity index (χ1n) is 7.79. The normalized spacial score (nSPS) is 11.9. The standard InChI is InChI=1S/C17H25N3O2S/c1-12-9-13(2)17(14(3)10-12)23(21,22)18-7-6-8-20-16(5)11-15(4)19-20/h9-11,18H,6-8H2,1-5H3. The Morgan fingerprint density at radius 2 is 1.65 bits per heavy atom. The summed E-state index contributed by atoms with van der Waals surface area (Å²) in [6.45, 7) is 10.7. The minimum absolute atomic E-state index is 0.396. The summed E-state index contributed by atoms with van der Waals surface area (Å²) in [6, 6.07) is 5.82. The summed E-state index contributed by atoms with van der Waals surface area (Å²) in [5, 5.41) is 4.38. The maximum absolute atomic E-state index is 12.5. The second-order valence-corrected chi connectivity index (χ2v) is 7.83. The number of nitrogens with one attached hydrogen (secondary N) is 1. The van der Waals surface area contributed by atoms with Crippen molar-refractivity contribution in [3.8, 4) is 0 Å². The van der Waals surface area contributed by atoms with Gasteiger partial charge in [0.1, 0.15) is 0 Å². The van der Waals surface area contributed by atoms with Crippen molar-refractivity contribution in [1.29, 1.82) is 0 Å². The molecule has 1 N–H and O–H groups in total. The predicted octanol–water partition coefficient (Wildman–Crippen LogP) is 2.79. The maximum Gasteiger partial charge on any atom is 0.241 e. The molecule has 0 aliphatic rings. The van der Waals surface area contributed by atoms with Crippen molar-refractivity contribution < 1.29 is 8.42 Å². The second kappa shape index (κ2) is 6.84. The molecule has 0 unspecified atom stereocenters. The van der Waals surface area contributed by atoms with E-state index in [0.29, 0.717) is 24.4 Å². The molecule has 0 aliphatic carbocycles. The molecular formula is C17H25N3O2S. The van der Waals surface area contributed by atoms with E-state index in [-0.39, 0.29) is 0 Å². The van der Waals surface area contributed by atoms with Gasteiger partial charge in [-0.3, -0.25) is 4.68 Å². The number of aryl methyl sites for hydroxylation is 6. The fraction of sp³-hybridized carbons (Fsp3) is 0.471. The molecule has 0 amide bonds. The van der Waals surface area contributed by atoms with Gasteiger partial charge in [0.15, 0.2) is 0 Å². The Morgan fingerprint density at radius 3 is 2.17 bits per heavy atom. The monoisotopic (exact) mass is 335 g/mol. The van der Waals surface area contributed by atoms with Crippen molar-refractivity contribution in [1.82, 2.24) is 14.5 Å². The lowest BCUT2D eigenvalue weighted by Gasteiger charge is -2.13.